The average Bonchev–Trinajstić information content (AvgIpc) is 2.52. The van der Waals surface area contributed by atoms with E-state index in [1.165, 1.54) is 6.26 Å². The van der Waals surface area contributed by atoms with Gasteiger partial charge in [-0.3, -0.25) is 0 Å². The van der Waals surface area contributed by atoms with Crippen LogP contribution in [0.15, 0.2) is 24.3 Å². The van der Waals surface area contributed by atoms with Gasteiger partial charge in [0, 0.05) is 25.7 Å². The van der Waals surface area contributed by atoms with Gasteiger partial charge >= 0.3 is 0 Å². The molecule has 1 fully saturated rings. The summed E-state index contributed by atoms with van der Waals surface area (Å²) in [6.07, 6.45) is 3.05. The lowest BCUT2D eigenvalue weighted by Gasteiger charge is -2.37. The van der Waals surface area contributed by atoms with Crippen LogP contribution in [0.4, 0.5) is 0 Å². The Bertz CT molecular complexity index is 652. The fourth-order valence-corrected chi connectivity index (χ4v) is 3.88. The number of nitriles is 1. The van der Waals surface area contributed by atoms with Crippen molar-refractivity contribution in [3.05, 3.63) is 35.4 Å². The summed E-state index contributed by atoms with van der Waals surface area (Å²) < 4.78 is 24.9. The molecule has 1 aliphatic heterocycles. The van der Waals surface area contributed by atoms with Crippen molar-refractivity contribution >= 4 is 10.0 Å². The van der Waals surface area contributed by atoms with Crippen LogP contribution in [0.3, 0.4) is 0 Å². The lowest BCUT2D eigenvalue weighted by atomic mass is 9.91. The van der Waals surface area contributed by atoms with Gasteiger partial charge in [0.2, 0.25) is 10.0 Å². The molecule has 0 bridgehead atoms. The number of rotatable bonds is 5. The van der Waals surface area contributed by atoms with Crippen LogP contribution < -0.4 is 5.32 Å². The van der Waals surface area contributed by atoms with Crippen LogP contribution >= 0.6 is 0 Å². The third kappa shape index (κ3) is 4.29. The molecule has 1 aromatic carbocycles. The monoisotopic (exact) mass is 321 g/mol. The molecule has 0 aromatic heterocycles. The van der Waals surface area contributed by atoms with Crippen LogP contribution in [-0.4, -0.2) is 38.1 Å². The van der Waals surface area contributed by atoms with E-state index in [-0.39, 0.29) is 0 Å². The largest absolute Gasteiger partial charge is 0.310 e. The summed E-state index contributed by atoms with van der Waals surface area (Å²) in [5.41, 5.74) is 1.75. The Morgan fingerprint density at radius 3 is 2.86 bits per heavy atom. The van der Waals surface area contributed by atoms with E-state index in [4.69, 9.17) is 5.26 Å². The Labute approximate surface area is 133 Å². The van der Waals surface area contributed by atoms with Gasteiger partial charge in [-0.25, -0.2) is 12.7 Å². The smallest absolute Gasteiger partial charge is 0.211 e. The normalized spacial score (nSPS) is 23.1. The summed E-state index contributed by atoms with van der Waals surface area (Å²) in [6, 6.07) is 10.0. The molecule has 2 rings (SSSR count). The average molecular weight is 321 g/mol. The van der Waals surface area contributed by atoms with Crippen LogP contribution in [0.1, 0.15) is 30.9 Å². The molecule has 0 amide bonds. The summed E-state index contributed by atoms with van der Waals surface area (Å²) in [5, 5.41) is 12.5. The van der Waals surface area contributed by atoms with E-state index in [2.05, 4.69) is 18.3 Å². The highest BCUT2D eigenvalue weighted by Crippen LogP contribution is 2.22. The zero-order chi connectivity index (χ0) is 16.2. The minimum absolute atomic E-state index is 0.314. The van der Waals surface area contributed by atoms with Gasteiger partial charge in [0.1, 0.15) is 0 Å². The van der Waals surface area contributed by atoms with Crippen molar-refractivity contribution in [2.24, 2.45) is 5.92 Å². The van der Waals surface area contributed by atoms with E-state index in [9.17, 15) is 8.42 Å². The maximum absolute atomic E-state index is 11.7. The van der Waals surface area contributed by atoms with E-state index in [0.717, 1.165) is 18.4 Å². The van der Waals surface area contributed by atoms with Gasteiger partial charge in [-0.1, -0.05) is 25.5 Å². The molecule has 1 saturated heterocycles. The molecule has 0 radical (unpaired) electrons. The Kier molecular flexibility index (Phi) is 5.57. The van der Waals surface area contributed by atoms with Gasteiger partial charge in [-0.05, 0) is 30.0 Å². The molecular weight excluding hydrogens is 298 g/mol. The lowest BCUT2D eigenvalue weighted by molar-refractivity contribution is 0.202. The van der Waals surface area contributed by atoms with E-state index < -0.39 is 10.0 Å². The maximum Gasteiger partial charge on any atom is 0.211 e. The zero-order valence-electron chi connectivity index (χ0n) is 13.1. The molecule has 0 aliphatic carbocycles. The number of benzene rings is 1. The van der Waals surface area contributed by atoms with Crippen molar-refractivity contribution in [1.82, 2.24) is 9.62 Å². The number of nitrogens with zero attached hydrogens (tertiary/aromatic N) is 2. The first-order valence-corrected chi connectivity index (χ1v) is 9.46. The van der Waals surface area contributed by atoms with Gasteiger partial charge in [0.15, 0.2) is 0 Å². The lowest BCUT2D eigenvalue weighted by Crippen LogP contribution is -2.50. The topological polar surface area (TPSA) is 73.2 Å². The molecule has 1 aliphatic rings. The second-order valence-electron chi connectivity index (χ2n) is 5.88. The highest BCUT2D eigenvalue weighted by Gasteiger charge is 2.31. The molecule has 6 heteroatoms. The first kappa shape index (κ1) is 16.9. The molecule has 5 nitrogen and oxygen atoms in total. The number of hydrogen-bond acceptors (Lipinski definition) is 4. The van der Waals surface area contributed by atoms with E-state index in [0.29, 0.717) is 37.2 Å². The molecule has 120 valence electrons. The predicted octanol–water partition coefficient (Wildman–Crippen LogP) is 1.71. The van der Waals surface area contributed by atoms with Crippen LogP contribution in [0.5, 0.6) is 0 Å². The van der Waals surface area contributed by atoms with E-state index in [1.54, 1.807) is 10.4 Å². The van der Waals surface area contributed by atoms with Crippen molar-refractivity contribution in [2.75, 3.05) is 19.3 Å². The third-order valence-corrected chi connectivity index (χ3v) is 5.58. The van der Waals surface area contributed by atoms with Crippen LogP contribution in [0.25, 0.3) is 0 Å². The van der Waals surface area contributed by atoms with Crippen LogP contribution in [0, 0.1) is 17.2 Å². The van der Waals surface area contributed by atoms with Gasteiger partial charge < -0.3 is 5.32 Å². The highest BCUT2D eigenvalue weighted by molar-refractivity contribution is 7.88. The standard InChI is InChI=1S/C16H23N3O2S/c1-3-15-12-19(22(2,20)21)8-7-16(15)18-11-14-6-4-5-13(9-14)10-17/h4-6,9,15-16,18H,3,7-8,11-12H2,1-2H3/t15-,16-/m0/s1. The number of nitrogens with one attached hydrogen (secondary N) is 1. The highest BCUT2D eigenvalue weighted by atomic mass is 32.2. The minimum atomic E-state index is -3.10. The van der Waals surface area contributed by atoms with Crippen molar-refractivity contribution in [3.63, 3.8) is 0 Å². The Hall–Kier alpha value is -1.42. The first-order valence-electron chi connectivity index (χ1n) is 7.61. The zero-order valence-corrected chi connectivity index (χ0v) is 13.9. The molecule has 0 unspecified atom stereocenters. The van der Waals surface area contributed by atoms with Crippen molar-refractivity contribution in [1.29, 1.82) is 5.26 Å². The minimum Gasteiger partial charge on any atom is -0.310 e. The molecular formula is C16H23N3O2S. The fourth-order valence-electron chi connectivity index (χ4n) is 2.98. The summed E-state index contributed by atoms with van der Waals surface area (Å²) in [6.45, 7) is 3.97. The molecule has 1 N–H and O–H groups in total. The van der Waals surface area contributed by atoms with Crippen molar-refractivity contribution in [2.45, 2.75) is 32.4 Å². The summed E-state index contributed by atoms with van der Waals surface area (Å²) in [5.74, 6) is 0.322. The molecule has 1 heterocycles. The quantitative estimate of drug-likeness (QED) is 0.896. The summed E-state index contributed by atoms with van der Waals surface area (Å²) >= 11 is 0. The predicted molar refractivity (Wildman–Crippen MR) is 86.6 cm³/mol. The summed E-state index contributed by atoms with van der Waals surface area (Å²) in [4.78, 5) is 0. The first-order chi connectivity index (χ1) is 10.4. The van der Waals surface area contributed by atoms with Crippen LogP contribution in [0.2, 0.25) is 0 Å². The Morgan fingerprint density at radius 1 is 1.45 bits per heavy atom. The van der Waals surface area contributed by atoms with Crippen LogP contribution in [-0.2, 0) is 16.6 Å². The Morgan fingerprint density at radius 2 is 2.23 bits per heavy atom. The summed E-state index contributed by atoms with van der Waals surface area (Å²) in [7, 11) is -3.10. The molecule has 0 spiro atoms. The number of hydrogen-bond donors (Lipinski definition) is 1. The fraction of sp³-hybridized carbons (Fsp3) is 0.562. The second-order valence-corrected chi connectivity index (χ2v) is 7.86. The number of sulfonamides is 1. The molecule has 22 heavy (non-hydrogen) atoms. The molecule has 1 aromatic rings. The van der Waals surface area contributed by atoms with E-state index >= 15 is 0 Å². The number of piperidine rings is 1. The van der Waals surface area contributed by atoms with E-state index in [1.807, 2.05) is 18.2 Å². The van der Waals surface area contributed by atoms with Gasteiger partial charge in [-0.2, -0.15) is 5.26 Å². The molecule has 2 atom stereocenters. The third-order valence-electron chi connectivity index (χ3n) is 4.31. The van der Waals surface area contributed by atoms with Gasteiger partial charge in [-0.15, -0.1) is 0 Å². The molecule has 0 saturated carbocycles. The van der Waals surface area contributed by atoms with Crippen molar-refractivity contribution in [3.8, 4) is 6.07 Å². The second kappa shape index (κ2) is 7.23. The Balaban J connectivity index is 1.97. The SMILES string of the molecule is CC[C@H]1CN(S(C)(=O)=O)CC[C@@H]1NCc1cccc(C#N)c1. The van der Waals surface area contributed by atoms with Gasteiger partial charge in [0.05, 0.1) is 17.9 Å². The van der Waals surface area contributed by atoms with Gasteiger partial charge in [0.25, 0.3) is 0 Å². The van der Waals surface area contributed by atoms with Crippen molar-refractivity contribution < 1.29 is 8.42 Å². The maximum atomic E-state index is 11.7.